The van der Waals surface area contributed by atoms with E-state index in [9.17, 15) is 19.3 Å². The molecule has 9 heteroatoms. The Labute approximate surface area is 193 Å². The normalized spacial score (nSPS) is 14.9. The molecule has 170 valence electrons. The lowest BCUT2D eigenvalue weighted by molar-refractivity contribution is -0.384. The average molecular weight is 459 g/mol. The monoisotopic (exact) mass is 459 g/mol. The Morgan fingerprint density at radius 1 is 1.12 bits per heavy atom. The van der Waals surface area contributed by atoms with Gasteiger partial charge in [0.2, 0.25) is 5.88 Å². The van der Waals surface area contributed by atoms with Crippen molar-refractivity contribution >= 4 is 11.7 Å². The number of halogens is 1. The number of H-pyrrole nitrogens is 1. The summed E-state index contributed by atoms with van der Waals surface area (Å²) >= 11 is 0. The maximum Gasteiger partial charge on any atom is 0.313 e. The molecule has 5 rings (SSSR count). The predicted molar refractivity (Wildman–Crippen MR) is 120 cm³/mol. The first-order valence-corrected chi connectivity index (χ1v) is 10.5. The summed E-state index contributed by atoms with van der Waals surface area (Å²) in [5.74, 6) is -0.417. The van der Waals surface area contributed by atoms with E-state index in [0.29, 0.717) is 28.1 Å². The molecule has 1 aromatic heterocycles. The fraction of sp³-hybridized carbons (Fsp3) is 0.120. The summed E-state index contributed by atoms with van der Waals surface area (Å²) in [6, 6.07) is 19.7. The largest absolute Gasteiger partial charge is 0.489 e. The second-order valence-electron chi connectivity index (χ2n) is 7.80. The summed E-state index contributed by atoms with van der Waals surface area (Å²) in [5, 5.41) is 18.2. The van der Waals surface area contributed by atoms with Crippen LogP contribution in [0.15, 0.2) is 72.8 Å². The van der Waals surface area contributed by atoms with Crippen LogP contribution in [0.4, 0.5) is 10.1 Å². The Hall–Kier alpha value is -4.53. The van der Waals surface area contributed by atoms with Gasteiger partial charge in [0.25, 0.3) is 5.69 Å². The summed E-state index contributed by atoms with van der Waals surface area (Å²) in [7, 11) is 0. The Morgan fingerprint density at radius 3 is 2.68 bits per heavy atom. The second kappa shape index (κ2) is 8.78. The summed E-state index contributed by atoms with van der Waals surface area (Å²) in [4.78, 5) is 23.0. The van der Waals surface area contributed by atoms with Crippen LogP contribution in [0.2, 0.25) is 0 Å². The maximum atomic E-state index is 13.8. The third-order valence-corrected chi connectivity index (χ3v) is 5.68. The maximum absolute atomic E-state index is 13.8. The number of benzene rings is 3. The molecular weight excluding hydrogens is 441 g/mol. The Kier molecular flexibility index (Phi) is 5.51. The minimum absolute atomic E-state index is 0.0541. The van der Waals surface area contributed by atoms with Crippen LogP contribution in [-0.2, 0) is 11.4 Å². The van der Waals surface area contributed by atoms with Gasteiger partial charge in [-0.25, -0.2) is 4.39 Å². The topological polar surface area (TPSA) is 107 Å². The molecule has 3 aromatic carbocycles. The van der Waals surface area contributed by atoms with Gasteiger partial charge in [-0.3, -0.25) is 20.0 Å². The quantitative estimate of drug-likeness (QED) is 0.243. The third-order valence-electron chi connectivity index (χ3n) is 5.68. The first-order valence-electron chi connectivity index (χ1n) is 10.5. The van der Waals surface area contributed by atoms with Gasteiger partial charge in [0.05, 0.1) is 22.6 Å². The minimum atomic E-state index is -0.468. The number of carbonyl (C=O) groups is 1. The fourth-order valence-electron chi connectivity index (χ4n) is 4.01. The van der Waals surface area contributed by atoms with E-state index in [4.69, 9.17) is 9.47 Å². The number of aromatic amines is 1. The SMILES string of the molecule is O=C1C[C@@H](c2ccc(OCc3ccccc3F)cc2)c2c(n[nH]c2-c2cccc([N+](=O)[O-])c2)O1. The average Bonchev–Trinajstić information content (AvgIpc) is 3.27. The van der Waals surface area contributed by atoms with Crippen LogP contribution in [0.25, 0.3) is 11.3 Å². The number of aromatic nitrogens is 2. The van der Waals surface area contributed by atoms with Gasteiger partial charge in [0.15, 0.2) is 0 Å². The summed E-state index contributed by atoms with van der Waals surface area (Å²) in [6.07, 6.45) is 0.0872. The van der Waals surface area contributed by atoms with Crippen molar-refractivity contribution in [3.8, 4) is 22.9 Å². The highest BCUT2D eigenvalue weighted by Gasteiger charge is 2.34. The van der Waals surface area contributed by atoms with Crippen LogP contribution in [-0.4, -0.2) is 21.1 Å². The van der Waals surface area contributed by atoms with Crippen molar-refractivity contribution in [1.29, 1.82) is 0 Å². The molecule has 1 atom stereocenters. The van der Waals surface area contributed by atoms with Crippen LogP contribution in [0.5, 0.6) is 11.6 Å². The molecule has 0 aliphatic carbocycles. The summed E-state index contributed by atoms with van der Waals surface area (Å²) in [6.45, 7) is 0.0879. The van der Waals surface area contributed by atoms with Crippen LogP contribution >= 0.6 is 0 Å². The van der Waals surface area contributed by atoms with E-state index in [1.165, 1.54) is 18.2 Å². The second-order valence-corrected chi connectivity index (χ2v) is 7.80. The number of nitro groups is 1. The highest BCUT2D eigenvalue weighted by molar-refractivity contribution is 5.80. The van der Waals surface area contributed by atoms with Gasteiger partial charge in [-0.1, -0.05) is 42.5 Å². The molecule has 0 saturated heterocycles. The lowest BCUT2D eigenvalue weighted by Gasteiger charge is -2.22. The molecule has 0 unspecified atom stereocenters. The first-order chi connectivity index (χ1) is 16.5. The smallest absolute Gasteiger partial charge is 0.313 e. The number of rotatable bonds is 6. The molecule has 0 bridgehead atoms. The Morgan fingerprint density at radius 2 is 1.91 bits per heavy atom. The van der Waals surface area contributed by atoms with Crippen LogP contribution in [0, 0.1) is 15.9 Å². The van der Waals surface area contributed by atoms with Crippen LogP contribution in [0.3, 0.4) is 0 Å². The van der Waals surface area contributed by atoms with Gasteiger partial charge < -0.3 is 9.47 Å². The van der Waals surface area contributed by atoms with Crippen molar-refractivity contribution in [2.24, 2.45) is 0 Å². The zero-order valence-corrected chi connectivity index (χ0v) is 17.7. The number of nitro benzene ring substituents is 1. The van der Waals surface area contributed by atoms with Crippen molar-refractivity contribution in [2.75, 3.05) is 0 Å². The third kappa shape index (κ3) is 4.11. The molecule has 8 nitrogen and oxygen atoms in total. The standard InChI is InChI=1S/C25H18FN3O5/c26-21-7-2-1-4-17(21)14-33-19-10-8-15(9-11-19)20-13-22(30)34-25-23(20)24(27-28-25)16-5-3-6-18(12-16)29(31)32/h1-12,20H,13-14H2,(H,27,28)/t20-/m0/s1. The number of hydrogen-bond donors (Lipinski definition) is 1. The van der Waals surface area contributed by atoms with Gasteiger partial charge in [0.1, 0.15) is 18.2 Å². The van der Waals surface area contributed by atoms with E-state index in [0.717, 1.165) is 5.56 Å². The first kappa shape index (κ1) is 21.3. The van der Waals surface area contributed by atoms with Gasteiger partial charge in [-0.2, -0.15) is 0 Å². The van der Waals surface area contributed by atoms with E-state index in [2.05, 4.69) is 10.2 Å². The van der Waals surface area contributed by atoms with Gasteiger partial charge in [-0.15, -0.1) is 5.10 Å². The lowest BCUT2D eigenvalue weighted by Crippen LogP contribution is -2.20. The van der Waals surface area contributed by atoms with Gasteiger partial charge >= 0.3 is 5.97 Å². The van der Waals surface area contributed by atoms with Crippen LogP contribution in [0.1, 0.15) is 29.0 Å². The molecule has 4 aromatic rings. The molecule has 1 aliphatic heterocycles. The van der Waals surface area contributed by atoms with E-state index in [1.807, 2.05) is 12.1 Å². The molecule has 0 amide bonds. The summed E-state index contributed by atoms with van der Waals surface area (Å²) in [5.41, 5.74) is 2.99. The zero-order valence-electron chi connectivity index (χ0n) is 17.7. The van der Waals surface area contributed by atoms with Crippen LogP contribution < -0.4 is 9.47 Å². The molecule has 0 saturated carbocycles. The number of hydrogen-bond acceptors (Lipinski definition) is 6. The number of fused-ring (bicyclic) bond motifs is 1. The van der Waals surface area contributed by atoms with Crippen molar-refractivity contribution in [3.63, 3.8) is 0 Å². The van der Waals surface area contributed by atoms with Gasteiger partial charge in [0, 0.05) is 29.2 Å². The van der Waals surface area contributed by atoms with Gasteiger partial charge in [-0.05, 0) is 23.8 Å². The molecule has 2 heterocycles. The van der Waals surface area contributed by atoms with Crippen molar-refractivity contribution < 1.29 is 23.6 Å². The molecule has 0 radical (unpaired) electrons. The fourth-order valence-corrected chi connectivity index (χ4v) is 4.01. The zero-order chi connectivity index (χ0) is 23.7. The molecule has 1 aliphatic rings. The van der Waals surface area contributed by atoms with E-state index in [1.54, 1.807) is 42.5 Å². The number of carbonyl (C=O) groups excluding carboxylic acids is 1. The number of ether oxygens (including phenoxy) is 2. The van der Waals surface area contributed by atoms with Crippen molar-refractivity contribution in [2.45, 2.75) is 18.9 Å². The molecule has 0 fully saturated rings. The predicted octanol–water partition coefficient (Wildman–Crippen LogP) is 5.14. The number of esters is 1. The Bertz CT molecular complexity index is 1380. The molecule has 34 heavy (non-hydrogen) atoms. The highest BCUT2D eigenvalue weighted by Crippen LogP contribution is 2.43. The number of non-ortho nitro benzene ring substituents is 1. The Balaban J connectivity index is 1.44. The molecule has 1 N–H and O–H groups in total. The summed E-state index contributed by atoms with van der Waals surface area (Å²) < 4.78 is 24.8. The van der Waals surface area contributed by atoms with E-state index in [-0.39, 0.29) is 36.3 Å². The van der Waals surface area contributed by atoms with Crippen molar-refractivity contribution in [1.82, 2.24) is 10.2 Å². The lowest BCUT2D eigenvalue weighted by atomic mass is 9.85. The number of nitrogens with zero attached hydrogens (tertiary/aromatic N) is 2. The molecular formula is C25H18FN3O5. The number of nitrogens with one attached hydrogen (secondary N) is 1. The molecule has 0 spiro atoms. The minimum Gasteiger partial charge on any atom is -0.489 e. The van der Waals surface area contributed by atoms with E-state index < -0.39 is 10.9 Å². The highest BCUT2D eigenvalue weighted by atomic mass is 19.1. The van der Waals surface area contributed by atoms with Crippen molar-refractivity contribution in [3.05, 3.63) is 105 Å². The van der Waals surface area contributed by atoms with E-state index >= 15 is 0 Å².